The first kappa shape index (κ1) is 21.3. The van der Waals surface area contributed by atoms with E-state index in [-0.39, 0.29) is 5.91 Å². The molecule has 8 heteroatoms. The maximum Gasteiger partial charge on any atom is 0.221 e. The lowest BCUT2D eigenvalue weighted by Gasteiger charge is -2.20. The molecule has 2 aromatic rings. The van der Waals surface area contributed by atoms with E-state index in [0.717, 1.165) is 17.4 Å². The summed E-state index contributed by atoms with van der Waals surface area (Å²) in [5, 5.41) is 3.73. The van der Waals surface area contributed by atoms with Crippen LogP contribution in [0, 0.1) is 0 Å². The number of ether oxygens (including phenoxy) is 2. The fourth-order valence-corrected chi connectivity index (χ4v) is 3.23. The molecular weight excluding hydrogens is 364 g/mol. The van der Waals surface area contributed by atoms with Crippen LogP contribution in [0.25, 0.3) is 0 Å². The number of hydrogen-bond donors (Lipinski definition) is 1. The highest BCUT2D eigenvalue weighted by molar-refractivity contribution is 7.09. The molecule has 0 atom stereocenters. The molecule has 7 nitrogen and oxygen atoms in total. The number of rotatable bonds is 13. The van der Waals surface area contributed by atoms with Crippen molar-refractivity contribution in [2.24, 2.45) is 0 Å². The van der Waals surface area contributed by atoms with Crippen LogP contribution in [0.1, 0.15) is 24.2 Å². The van der Waals surface area contributed by atoms with Gasteiger partial charge in [-0.05, 0) is 12.0 Å². The minimum Gasteiger partial charge on any atom is -0.385 e. The predicted molar refractivity (Wildman–Crippen MR) is 107 cm³/mol. The second-order valence-corrected chi connectivity index (χ2v) is 6.81. The first-order valence-corrected chi connectivity index (χ1v) is 9.86. The van der Waals surface area contributed by atoms with Crippen LogP contribution in [0.4, 0.5) is 5.13 Å². The zero-order valence-corrected chi connectivity index (χ0v) is 16.8. The quantitative estimate of drug-likeness (QED) is 0.526. The van der Waals surface area contributed by atoms with Gasteiger partial charge in [-0.15, -0.1) is 0 Å². The molecule has 0 saturated heterocycles. The average molecular weight is 393 g/mol. The van der Waals surface area contributed by atoms with Gasteiger partial charge >= 0.3 is 0 Å². The third-order valence-corrected chi connectivity index (χ3v) is 4.77. The molecule has 0 aliphatic carbocycles. The molecule has 0 aliphatic rings. The van der Waals surface area contributed by atoms with E-state index in [1.54, 1.807) is 14.2 Å². The molecule has 0 bridgehead atoms. The molecule has 1 aromatic carbocycles. The number of nitrogens with one attached hydrogen (secondary N) is 1. The first-order chi connectivity index (χ1) is 13.2. The van der Waals surface area contributed by atoms with Gasteiger partial charge in [0, 0.05) is 64.8 Å². The minimum atomic E-state index is 0.0301. The van der Waals surface area contributed by atoms with Crippen LogP contribution >= 0.6 is 11.5 Å². The van der Waals surface area contributed by atoms with Crippen LogP contribution in [0.3, 0.4) is 0 Å². The lowest BCUT2D eigenvalue weighted by molar-refractivity contribution is -0.120. The molecule has 1 aromatic heterocycles. The Labute approximate surface area is 164 Å². The number of carbonyl (C=O) groups is 1. The number of aromatic nitrogens is 2. The topological polar surface area (TPSA) is 76.6 Å². The highest BCUT2D eigenvalue weighted by atomic mass is 32.1. The molecule has 1 amide bonds. The largest absolute Gasteiger partial charge is 0.385 e. The fraction of sp³-hybridized carbons (Fsp3) is 0.526. The van der Waals surface area contributed by atoms with Gasteiger partial charge in [-0.3, -0.25) is 4.79 Å². The van der Waals surface area contributed by atoms with Gasteiger partial charge in [-0.2, -0.15) is 4.37 Å². The Hall–Kier alpha value is -2.03. The van der Waals surface area contributed by atoms with Crippen LogP contribution in [0.2, 0.25) is 0 Å². The molecule has 0 spiro atoms. The minimum absolute atomic E-state index is 0.0301. The smallest absolute Gasteiger partial charge is 0.221 e. The zero-order valence-electron chi connectivity index (χ0n) is 16.0. The predicted octanol–water partition coefficient (Wildman–Crippen LogP) is 2.12. The third-order valence-electron chi connectivity index (χ3n) is 3.95. The van der Waals surface area contributed by atoms with Gasteiger partial charge < -0.3 is 19.7 Å². The molecule has 1 heterocycles. The summed E-state index contributed by atoms with van der Waals surface area (Å²) in [6.45, 7) is 3.11. The number of nitrogens with zero attached hydrogens (tertiary/aromatic N) is 3. The Morgan fingerprint density at radius 3 is 2.67 bits per heavy atom. The lowest BCUT2D eigenvalue weighted by Crippen LogP contribution is -2.33. The van der Waals surface area contributed by atoms with Crippen molar-refractivity contribution in [2.45, 2.75) is 19.3 Å². The molecule has 27 heavy (non-hydrogen) atoms. The number of amides is 1. The Balaban J connectivity index is 1.88. The van der Waals surface area contributed by atoms with E-state index in [1.165, 1.54) is 17.1 Å². The van der Waals surface area contributed by atoms with Crippen molar-refractivity contribution in [3.63, 3.8) is 0 Å². The summed E-state index contributed by atoms with van der Waals surface area (Å²) in [7, 11) is 3.32. The van der Waals surface area contributed by atoms with Gasteiger partial charge in [-0.1, -0.05) is 30.3 Å². The second kappa shape index (κ2) is 12.4. The molecule has 0 fully saturated rings. The van der Waals surface area contributed by atoms with Gasteiger partial charge in [-0.25, -0.2) is 4.98 Å². The molecule has 148 valence electrons. The van der Waals surface area contributed by atoms with Crippen LogP contribution in [-0.4, -0.2) is 62.3 Å². The van der Waals surface area contributed by atoms with E-state index in [1.807, 2.05) is 18.2 Å². The SMILES string of the molecule is COCCCNC(=O)CCN(CCOC)c1nc(Cc2ccccc2)ns1. The van der Waals surface area contributed by atoms with Crippen molar-refractivity contribution in [1.29, 1.82) is 0 Å². The molecule has 2 rings (SSSR count). The summed E-state index contributed by atoms with van der Waals surface area (Å²) in [6, 6.07) is 10.2. The number of hydrogen-bond acceptors (Lipinski definition) is 7. The maximum atomic E-state index is 12.0. The number of carbonyl (C=O) groups excluding carboxylic acids is 1. The Morgan fingerprint density at radius 1 is 1.15 bits per heavy atom. The second-order valence-electron chi connectivity index (χ2n) is 6.08. The highest BCUT2D eigenvalue weighted by Crippen LogP contribution is 2.19. The molecule has 1 N–H and O–H groups in total. The standard InChI is InChI=1S/C19H28N4O3S/c1-25-13-6-10-20-18(24)9-11-23(12-14-26-2)19-21-17(22-27-19)15-16-7-4-3-5-8-16/h3-5,7-8H,6,9-15H2,1-2H3,(H,20,24). The van der Waals surface area contributed by atoms with Crippen molar-refractivity contribution < 1.29 is 14.3 Å². The van der Waals surface area contributed by atoms with Gasteiger partial charge in [0.2, 0.25) is 11.0 Å². The normalized spacial score (nSPS) is 10.7. The summed E-state index contributed by atoms with van der Waals surface area (Å²) in [4.78, 5) is 18.7. The van der Waals surface area contributed by atoms with E-state index in [0.29, 0.717) is 45.7 Å². The maximum absolute atomic E-state index is 12.0. The monoisotopic (exact) mass is 392 g/mol. The van der Waals surface area contributed by atoms with Crippen molar-refractivity contribution in [3.05, 3.63) is 41.7 Å². The van der Waals surface area contributed by atoms with Gasteiger partial charge in [0.05, 0.1) is 6.61 Å². The van der Waals surface area contributed by atoms with Gasteiger partial charge in [0.25, 0.3) is 0 Å². The summed E-state index contributed by atoms with van der Waals surface area (Å²) in [6.07, 6.45) is 1.93. The number of benzene rings is 1. The van der Waals surface area contributed by atoms with E-state index in [9.17, 15) is 4.79 Å². The highest BCUT2D eigenvalue weighted by Gasteiger charge is 2.14. The number of anilines is 1. The van der Waals surface area contributed by atoms with Crippen LogP contribution in [-0.2, 0) is 20.7 Å². The van der Waals surface area contributed by atoms with Crippen molar-refractivity contribution in [2.75, 3.05) is 52.0 Å². The van der Waals surface area contributed by atoms with Crippen molar-refractivity contribution in [1.82, 2.24) is 14.7 Å². The molecule has 0 radical (unpaired) electrons. The van der Waals surface area contributed by atoms with Gasteiger partial charge in [0.1, 0.15) is 5.82 Å². The summed E-state index contributed by atoms with van der Waals surface area (Å²) in [5.41, 5.74) is 1.18. The van der Waals surface area contributed by atoms with E-state index in [2.05, 4.69) is 31.7 Å². The molecule has 0 unspecified atom stereocenters. The van der Waals surface area contributed by atoms with E-state index in [4.69, 9.17) is 9.47 Å². The average Bonchev–Trinajstić information content (AvgIpc) is 3.14. The molecule has 0 aliphatic heterocycles. The first-order valence-electron chi connectivity index (χ1n) is 9.09. The zero-order chi connectivity index (χ0) is 19.3. The Bertz CT molecular complexity index is 666. The Kier molecular flexibility index (Phi) is 9.75. The summed E-state index contributed by atoms with van der Waals surface area (Å²) >= 11 is 1.36. The van der Waals surface area contributed by atoms with Crippen LogP contribution < -0.4 is 10.2 Å². The Morgan fingerprint density at radius 2 is 1.93 bits per heavy atom. The molecule has 0 saturated carbocycles. The molecular formula is C19H28N4O3S. The van der Waals surface area contributed by atoms with Crippen LogP contribution in [0.5, 0.6) is 0 Å². The van der Waals surface area contributed by atoms with Crippen LogP contribution in [0.15, 0.2) is 30.3 Å². The van der Waals surface area contributed by atoms with Crippen molar-refractivity contribution in [3.8, 4) is 0 Å². The lowest BCUT2D eigenvalue weighted by atomic mass is 10.1. The summed E-state index contributed by atoms with van der Waals surface area (Å²) < 4.78 is 14.6. The summed E-state index contributed by atoms with van der Waals surface area (Å²) in [5.74, 6) is 0.829. The van der Waals surface area contributed by atoms with Crippen molar-refractivity contribution >= 4 is 22.6 Å². The fourth-order valence-electron chi connectivity index (χ4n) is 2.50. The third kappa shape index (κ3) is 8.03. The van der Waals surface area contributed by atoms with Gasteiger partial charge in [0.15, 0.2) is 0 Å². The van der Waals surface area contributed by atoms with E-state index < -0.39 is 0 Å². The number of methoxy groups -OCH3 is 2. The van der Waals surface area contributed by atoms with E-state index >= 15 is 0 Å².